The molecule has 2 amide bonds. The number of anilines is 1. The molecule has 3 rings (SSSR count). The normalized spacial score (nSPS) is 12.2. The van der Waals surface area contributed by atoms with Crippen LogP contribution < -0.4 is 10.6 Å². The molecule has 10 nitrogen and oxygen atoms in total. The Kier molecular flexibility index (Phi) is 7.41. The predicted octanol–water partition coefficient (Wildman–Crippen LogP) is 4.37. The first-order chi connectivity index (χ1) is 17.0. The lowest BCUT2D eigenvalue weighted by Crippen LogP contribution is -2.27. The van der Waals surface area contributed by atoms with Crippen LogP contribution in [0.25, 0.3) is 5.95 Å². The van der Waals surface area contributed by atoms with Crippen molar-refractivity contribution in [3.63, 3.8) is 0 Å². The summed E-state index contributed by atoms with van der Waals surface area (Å²) in [7, 11) is 0. The molecule has 2 heterocycles. The van der Waals surface area contributed by atoms with E-state index in [1.165, 1.54) is 18.5 Å². The zero-order valence-corrected chi connectivity index (χ0v) is 19.4. The van der Waals surface area contributed by atoms with Gasteiger partial charge in [0.05, 0.1) is 17.7 Å². The summed E-state index contributed by atoms with van der Waals surface area (Å²) in [5.74, 6) is -1.69. The highest BCUT2D eigenvalue weighted by Crippen LogP contribution is 2.36. The molecule has 0 aliphatic rings. The van der Waals surface area contributed by atoms with Crippen LogP contribution in [0.2, 0.25) is 0 Å². The Morgan fingerprint density at radius 3 is 2.03 bits per heavy atom. The topological polar surface area (TPSA) is 124 Å². The van der Waals surface area contributed by atoms with Gasteiger partial charge in [0, 0.05) is 18.0 Å². The highest BCUT2D eigenvalue weighted by atomic mass is 19.4. The lowest BCUT2D eigenvalue weighted by Gasteiger charge is -2.18. The SMILES string of the molecule is CC(C)(C)OC(=O)Nc1nc(CNC(=O)c2cc(C(F)(F)F)cc(C(F)(F)F)c2)n(-c2ncccn2)n1. The Balaban J connectivity index is 1.89. The third-order valence-electron chi connectivity index (χ3n) is 4.29. The molecule has 0 spiro atoms. The third-order valence-corrected chi connectivity index (χ3v) is 4.29. The molecule has 2 N–H and O–H groups in total. The van der Waals surface area contributed by atoms with Gasteiger partial charge in [-0.25, -0.2) is 14.8 Å². The second-order valence-corrected chi connectivity index (χ2v) is 8.42. The predicted molar refractivity (Wildman–Crippen MR) is 114 cm³/mol. The number of halogens is 6. The van der Waals surface area contributed by atoms with Gasteiger partial charge in [0.1, 0.15) is 5.60 Å². The number of aromatic nitrogens is 5. The van der Waals surface area contributed by atoms with E-state index in [2.05, 4.69) is 30.7 Å². The van der Waals surface area contributed by atoms with Crippen molar-refractivity contribution >= 4 is 17.9 Å². The lowest BCUT2D eigenvalue weighted by atomic mass is 10.0. The summed E-state index contributed by atoms with van der Waals surface area (Å²) in [6.45, 7) is 4.33. The van der Waals surface area contributed by atoms with Crippen molar-refractivity contribution in [1.82, 2.24) is 30.0 Å². The fraction of sp³-hybridized carbons (Fsp3) is 0.333. The average Bonchev–Trinajstić information content (AvgIpc) is 3.17. The maximum atomic E-state index is 13.1. The molecule has 0 saturated heterocycles. The number of hydrogen-bond donors (Lipinski definition) is 2. The van der Waals surface area contributed by atoms with Crippen molar-refractivity contribution in [3.8, 4) is 5.95 Å². The van der Waals surface area contributed by atoms with Crippen molar-refractivity contribution in [2.24, 2.45) is 0 Å². The quantitative estimate of drug-likeness (QED) is 0.469. The van der Waals surface area contributed by atoms with Crippen LogP contribution in [0.5, 0.6) is 0 Å². The first-order valence-corrected chi connectivity index (χ1v) is 10.3. The first-order valence-electron chi connectivity index (χ1n) is 10.3. The Hall–Kier alpha value is -4.24. The van der Waals surface area contributed by atoms with Crippen molar-refractivity contribution in [1.29, 1.82) is 0 Å². The number of amides is 2. The number of carbonyl (C=O) groups is 2. The van der Waals surface area contributed by atoms with Crippen LogP contribution in [0, 0.1) is 0 Å². The van der Waals surface area contributed by atoms with E-state index >= 15 is 0 Å². The number of benzene rings is 1. The van der Waals surface area contributed by atoms with E-state index < -0.39 is 53.2 Å². The molecule has 0 radical (unpaired) electrons. The standard InChI is InChI=1S/C21H19F6N7O3/c1-19(2,3)37-18(36)32-16-31-14(34(33-16)17-28-5-4-6-29-17)10-30-15(35)11-7-12(20(22,23)24)9-13(8-11)21(25,26)27/h4-9H,10H2,1-3H3,(H,30,35)(H,32,33,36). The molecule has 16 heteroatoms. The maximum Gasteiger partial charge on any atom is 0.416 e. The minimum absolute atomic E-state index is 0.0464. The van der Waals surface area contributed by atoms with Gasteiger partial charge in [0.2, 0.25) is 0 Å². The molecule has 2 aromatic heterocycles. The van der Waals surface area contributed by atoms with Crippen LogP contribution in [0.4, 0.5) is 37.1 Å². The lowest BCUT2D eigenvalue weighted by molar-refractivity contribution is -0.143. The molecular formula is C21H19F6N7O3. The Morgan fingerprint density at radius 2 is 1.51 bits per heavy atom. The summed E-state index contributed by atoms with van der Waals surface area (Å²) in [5, 5.41) is 8.48. The fourth-order valence-electron chi connectivity index (χ4n) is 2.81. The van der Waals surface area contributed by atoms with Gasteiger partial charge < -0.3 is 10.1 Å². The Morgan fingerprint density at radius 1 is 0.946 bits per heavy atom. The van der Waals surface area contributed by atoms with Crippen molar-refractivity contribution in [2.75, 3.05) is 5.32 Å². The van der Waals surface area contributed by atoms with E-state index in [1.54, 1.807) is 20.8 Å². The van der Waals surface area contributed by atoms with Gasteiger partial charge in [0.25, 0.3) is 17.8 Å². The molecular weight excluding hydrogens is 512 g/mol. The minimum atomic E-state index is -5.12. The van der Waals surface area contributed by atoms with Gasteiger partial charge >= 0.3 is 18.4 Å². The van der Waals surface area contributed by atoms with Crippen molar-refractivity contribution in [2.45, 2.75) is 45.3 Å². The van der Waals surface area contributed by atoms with Crippen LogP contribution in [-0.2, 0) is 23.6 Å². The zero-order chi connectivity index (χ0) is 27.6. The van der Waals surface area contributed by atoms with Gasteiger partial charge in [-0.15, -0.1) is 5.10 Å². The number of nitrogens with zero attached hydrogens (tertiary/aromatic N) is 5. The molecule has 37 heavy (non-hydrogen) atoms. The molecule has 0 bridgehead atoms. The summed E-state index contributed by atoms with van der Waals surface area (Å²) < 4.78 is 84.8. The second kappa shape index (κ2) is 10.0. The number of nitrogens with one attached hydrogen (secondary N) is 2. The van der Waals surface area contributed by atoms with Crippen LogP contribution in [0.1, 0.15) is 48.1 Å². The number of alkyl halides is 6. The third kappa shape index (κ3) is 7.37. The molecule has 0 atom stereocenters. The number of carbonyl (C=O) groups excluding carboxylic acids is 2. The Labute approximate surface area is 205 Å². The molecule has 0 aliphatic carbocycles. The van der Waals surface area contributed by atoms with Gasteiger partial charge in [-0.05, 0) is 45.0 Å². The summed E-state index contributed by atoms with van der Waals surface area (Å²) in [4.78, 5) is 36.6. The maximum absolute atomic E-state index is 13.1. The van der Waals surface area contributed by atoms with Crippen LogP contribution in [-0.4, -0.2) is 42.3 Å². The fourth-order valence-corrected chi connectivity index (χ4v) is 2.81. The molecule has 0 unspecified atom stereocenters. The van der Waals surface area contributed by atoms with Gasteiger partial charge in [-0.1, -0.05) is 0 Å². The van der Waals surface area contributed by atoms with Gasteiger partial charge in [0.15, 0.2) is 5.82 Å². The molecule has 0 aliphatic heterocycles. The molecule has 0 saturated carbocycles. The first kappa shape index (κ1) is 27.3. The van der Waals surface area contributed by atoms with E-state index in [0.717, 1.165) is 4.68 Å². The molecule has 198 valence electrons. The number of hydrogen-bond acceptors (Lipinski definition) is 7. The Bertz CT molecular complexity index is 1250. The molecule has 0 fully saturated rings. The summed E-state index contributed by atoms with van der Waals surface area (Å²) in [6, 6.07) is 2.00. The molecule has 3 aromatic rings. The summed E-state index contributed by atoms with van der Waals surface area (Å²) >= 11 is 0. The molecule has 1 aromatic carbocycles. The van der Waals surface area contributed by atoms with E-state index in [4.69, 9.17) is 4.74 Å². The van der Waals surface area contributed by atoms with Crippen molar-refractivity contribution < 1.29 is 40.7 Å². The highest BCUT2D eigenvalue weighted by Gasteiger charge is 2.37. The largest absolute Gasteiger partial charge is 0.444 e. The van der Waals surface area contributed by atoms with Gasteiger partial charge in [-0.2, -0.15) is 36.0 Å². The van der Waals surface area contributed by atoms with Crippen LogP contribution in [0.3, 0.4) is 0 Å². The second-order valence-electron chi connectivity index (χ2n) is 8.42. The van der Waals surface area contributed by atoms with Crippen LogP contribution >= 0.6 is 0 Å². The van der Waals surface area contributed by atoms with E-state index in [-0.39, 0.29) is 23.8 Å². The van der Waals surface area contributed by atoms with E-state index in [1.807, 2.05) is 0 Å². The number of ether oxygens (including phenoxy) is 1. The van der Waals surface area contributed by atoms with E-state index in [9.17, 15) is 35.9 Å². The van der Waals surface area contributed by atoms with Crippen LogP contribution in [0.15, 0.2) is 36.7 Å². The summed E-state index contributed by atoms with van der Waals surface area (Å²) in [5.41, 5.74) is -5.00. The summed E-state index contributed by atoms with van der Waals surface area (Å²) in [6.07, 6.45) is -8.44. The van der Waals surface area contributed by atoms with Gasteiger partial charge in [-0.3, -0.25) is 10.1 Å². The average molecular weight is 531 g/mol. The smallest absolute Gasteiger partial charge is 0.416 e. The van der Waals surface area contributed by atoms with Crippen molar-refractivity contribution in [3.05, 3.63) is 59.2 Å². The van der Waals surface area contributed by atoms with E-state index in [0.29, 0.717) is 12.1 Å². The minimum Gasteiger partial charge on any atom is -0.444 e. The highest BCUT2D eigenvalue weighted by molar-refractivity contribution is 5.94. The zero-order valence-electron chi connectivity index (χ0n) is 19.4. The monoisotopic (exact) mass is 531 g/mol. The number of rotatable bonds is 5.